The Kier molecular flexibility index (Phi) is 4.68. The van der Waals surface area contributed by atoms with E-state index in [1.54, 1.807) is 23.5 Å². The number of benzene rings is 1. The molecule has 0 saturated heterocycles. The molecule has 100 valence electrons. The fraction of sp³-hybridized carbons (Fsp3) is 0.154. The summed E-state index contributed by atoms with van der Waals surface area (Å²) in [5.74, 6) is -0.861. The molecule has 19 heavy (non-hydrogen) atoms. The van der Waals surface area contributed by atoms with Gasteiger partial charge in [-0.05, 0) is 45.1 Å². The van der Waals surface area contributed by atoms with Gasteiger partial charge in [-0.15, -0.1) is 11.3 Å². The Morgan fingerprint density at radius 2 is 2.26 bits per heavy atom. The largest absolute Gasteiger partial charge is 0.368 e. The first kappa shape index (κ1) is 14.2. The van der Waals surface area contributed by atoms with Crippen LogP contribution in [0.1, 0.15) is 16.5 Å². The first-order chi connectivity index (χ1) is 9.08. The van der Waals surface area contributed by atoms with Crippen LogP contribution in [0.2, 0.25) is 0 Å². The normalized spacial score (nSPS) is 12.3. The Hall–Kier alpha value is -1.24. The van der Waals surface area contributed by atoms with E-state index in [0.29, 0.717) is 16.6 Å². The van der Waals surface area contributed by atoms with Gasteiger partial charge < -0.3 is 5.73 Å². The van der Waals surface area contributed by atoms with Crippen LogP contribution in [0.25, 0.3) is 0 Å². The van der Waals surface area contributed by atoms with Crippen molar-refractivity contribution in [1.82, 2.24) is 5.32 Å². The van der Waals surface area contributed by atoms with Crippen molar-refractivity contribution >= 4 is 33.2 Å². The molecule has 3 N–H and O–H groups in total. The van der Waals surface area contributed by atoms with E-state index in [9.17, 15) is 9.18 Å². The lowest BCUT2D eigenvalue weighted by Crippen LogP contribution is -2.33. The van der Waals surface area contributed by atoms with Crippen molar-refractivity contribution in [3.05, 3.63) is 56.4 Å². The Morgan fingerprint density at radius 1 is 1.47 bits per heavy atom. The lowest BCUT2D eigenvalue weighted by Gasteiger charge is -2.15. The van der Waals surface area contributed by atoms with Crippen LogP contribution in [-0.4, -0.2) is 5.91 Å². The number of nitrogens with one attached hydrogen (secondary N) is 1. The van der Waals surface area contributed by atoms with Gasteiger partial charge in [-0.2, -0.15) is 0 Å². The van der Waals surface area contributed by atoms with Crippen LogP contribution in [0.4, 0.5) is 4.39 Å². The van der Waals surface area contributed by atoms with Crippen LogP contribution in [-0.2, 0) is 11.3 Å². The van der Waals surface area contributed by atoms with Gasteiger partial charge >= 0.3 is 0 Å². The van der Waals surface area contributed by atoms with Crippen molar-refractivity contribution in [1.29, 1.82) is 0 Å². The molecule has 0 bridgehead atoms. The quantitative estimate of drug-likeness (QED) is 0.877. The predicted molar refractivity (Wildman–Crippen MR) is 77.2 cm³/mol. The van der Waals surface area contributed by atoms with Gasteiger partial charge in [0.15, 0.2) is 0 Å². The first-order valence-corrected chi connectivity index (χ1v) is 7.25. The van der Waals surface area contributed by atoms with Gasteiger partial charge in [-0.25, -0.2) is 4.39 Å². The maximum Gasteiger partial charge on any atom is 0.239 e. The number of amides is 1. The molecule has 3 nitrogen and oxygen atoms in total. The maximum atomic E-state index is 13.2. The molecule has 2 aromatic rings. The molecule has 0 aliphatic heterocycles. The van der Waals surface area contributed by atoms with E-state index in [1.165, 1.54) is 6.07 Å². The average Bonchev–Trinajstić information content (AvgIpc) is 2.86. The van der Waals surface area contributed by atoms with E-state index in [1.807, 2.05) is 17.5 Å². The standard InChI is InChI=1S/C13H12BrFN2OS/c14-10-6-8(3-4-11(10)15)12(13(16)18)17-7-9-2-1-5-19-9/h1-6,12,17H,7H2,(H2,16,18). The third-order valence-corrected chi connectivity index (χ3v) is 4.11. The summed E-state index contributed by atoms with van der Waals surface area (Å²) in [4.78, 5) is 12.6. The molecular formula is C13H12BrFN2OS. The molecule has 0 aliphatic carbocycles. The molecule has 1 amide bonds. The Morgan fingerprint density at radius 3 is 2.84 bits per heavy atom. The maximum absolute atomic E-state index is 13.2. The summed E-state index contributed by atoms with van der Waals surface area (Å²) in [5, 5.41) is 5.04. The third kappa shape index (κ3) is 3.62. The second-order valence-electron chi connectivity index (χ2n) is 3.97. The summed E-state index contributed by atoms with van der Waals surface area (Å²) in [7, 11) is 0. The summed E-state index contributed by atoms with van der Waals surface area (Å²) < 4.78 is 13.5. The molecule has 1 aromatic heterocycles. The minimum atomic E-state index is -0.640. The number of hydrogen-bond donors (Lipinski definition) is 2. The van der Waals surface area contributed by atoms with Crippen molar-refractivity contribution in [2.24, 2.45) is 5.73 Å². The molecule has 1 heterocycles. The van der Waals surface area contributed by atoms with Crippen LogP contribution >= 0.6 is 27.3 Å². The van der Waals surface area contributed by atoms with Crippen LogP contribution in [0, 0.1) is 5.82 Å². The van der Waals surface area contributed by atoms with Crippen molar-refractivity contribution in [2.45, 2.75) is 12.6 Å². The van der Waals surface area contributed by atoms with Gasteiger partial charge in [-0.1, -0.05) is 12.1 Å². The zero-order valence-electron chi connectivity index (χ0n) is 9.90. The zero-order valence-corrected chi connectivity index (χ0v) is 12.3. The smallest absolute Gasteiger partial charge is 0.239 e. The average molecular weight is 343 g/mol. The number of rotatable bonds is 5. The lowest BCUT2D eigenvalue weighted by atomic mass is 10.1. The Bertz CT molecular complexity index is 574. The summed E-state index contributed by atoms with van der Waals surface area (Å²) in [6.45, 7) is 0.542. The van der Waals surface area contributed by atoms with Crippen molar-refractivity contribution in [3.8, 4) is 0 Å². The monoisotopic (exact) mass is 342 g/mol. The molecule has 0 radical (unpaired) electrons. The number of hydrogen-bond acceptors (Lipinski definition) is 3. The minimum Gasteiger partial charge on any atom is -0.368 e. The zero-order chi connectivity index (χ0) is 13.8. The highest BCUT2D eigenvalue weighted by atomic mass is 79.9. The van der Waals surface area contributed by atoms with E-state index in [4.69, 9.17) is 5.73 Å². The predicted octanol–water partition coefficient (Wildman–Crippen LogP) is 2.97. The molecule has 1 unspecified atom stereocenters. The van der Waals surface area contributed by atoms with Gasteiger partial charge in [0.2, 0.25) is 5.91 Å². The highest BCUT2D eigenvalue weighted by molar-refractivity contribution is 9.10. The number of carbonyl (C=O) groups is 1. The molecule has 1 atom stereocenters. The highest BCUT2D eigenvalue weighted by Gasteiger charge is 2.18. The summed E-state index contributed by atoms with van der Waals surface area (Å²) in [6, 6.07) is 7.69. The number of nitrogens with two attached hydrogens (primary N) is 1. The molecule has 0 spiro atoms. The number of carbonyl (C=O) groups excluding carboxylic acids is 1. The summed E-state index contributed by atoms with van der Waals surface area (Å²) in [5.41, 5.74) is 6.03. The van der Waals surface area contributed by atoms with E-state index in [2.05, 4.69) is 21.2 Å². The molecular weight excluding hydrogens is 331 g/mol. The van der Waals surface area contributed by atoms with Crippen LogP contribution in [0.3, 0.4) is 0 Å². The van der Waals surface area contributed by atoms with Crippen molar-refractivity contribution in [2.75, 3.05) is 0 Å². The fourth-order valence-electron chi connectivity index (χ4n) is 1.69. The Balaban J connectivity index is 2.15. The van der Waals surface area contributed by atoms with Crippen molar-refractivity contribution < 1.29 is 9.18 Å². The number of halogens is 2. The molecule has 1 aromatic carbocycles. The first-order valence-electron chi connectivity index (χ1n) is 5.58. The fourth-order valence-corrected chi connectivity index (χ4v) is 2.74. The van der Waals surface area contributed by atoms with Gasteiger partial charge in [0.25, 0.3) is 0 Å². The van der Waals surface area contributed by atoms with Gasteiger partial charge in [0.05, 0.1) is 4.47 Å². The van der Waals surface area contributed by atoms with Crippen molar-refractivity contribution in [3.63, 3.8) is 0 Å². The van der Waals surface area contributed by atoms with E-state index in [-0.39, 0.29) is 5.82 Å². The highest BCUT2D eigenvalue weighted by Crippen LogP contribution is 2.22. The number of thiophene rings is 1. The lowest BCUT2D eigenvalue weighted by molar-refractivity contribution is -0.120. The van der Waals surface area contributed by atoms with Gasteiger partial charge in [0.1, 0.15) is 11.9 Å². The van der Waals surface area contributed by atoms with Gasteiger partial charge in [-0.3, -0.25) is 10.1 Å². The molecule has 0 fully saturated rings. The molecule has 6 heteroatoms. The van der Waals surface area contributed by atoms with Crippen LogP contribution in [0.5, 0.6) is 0 Å². The second-order valence-corrected chi connectivity index (χ2v) is 5.86. The molecule has 0 saturated carbocycles. The van der Waals surface area contributed by atoms with E-state index >= 15 is 0 Å². The van der Waals surface area contributed by atoms with E-state index < -0.39 is 11.9 Å². The van der Waals surface area contributed by atoms with Gasteiger partial charge in [0, 0.05) is 11.4 Å². The topological polar surface area (TPSA) is 55.1 Å². The van der Waals surface area contributed by atoms with E-state index in [0.717, 1.165) is 4.88 Å². The number of primary amides is 1. The Labute approximate surface area is 122 Å². The third-order valence-electron chi connectivity index (χ3n) is 2.62. The minimum absolute atomic E-state index is 0.314. The van der Waals surface area contributed by atoms with Crippen LogP contribution < -0.4 is 11.1 Å². The van der Waals surface area contributed by atoms with Crippen LogP contribution in [0.15, 0.2) is 40.2 Å². The summed E-state index contributed by atoms with van der Waals surface area (Å²) in [6.07, 6.45) is 0. The summed E-state index contributed by atoms with van der Waals surface area (Å²) >= 11 is 4.69. The molecule has 2 rings (SSSR count). The second kappa shape index (κ2) is 6.27. The SMILES string of the molecule is NC(=O)C(NCc1cccs1)c1ccc(F)c(Br)c1. The molecule has 0 aliphatic rings.